The van der Waals surface area contributed by atoms with Gasteiger partial charge in [-0.15, -0.1) is 11.3 Å². The average molecular weight is 417 g/mol. The molecule has 0 fully saturated rings. The Bertz CT molecular complexity index is 1090. The van der Waals surface area contributed by atoms with E-state index >= 15 is 0 Å². The number of amides is 1. The number of benzene rings is 2. The van der Waals surface area contributed by atoms with Crippen LogP contribution >= 0.6 is 11.3 Å². The third kappa shape index (κ3) is 4.35. The predicted octanol–water partition coefficient (Wildman–Crippen LogP) is 4.63. The molecule has 0 radical (unpaired) electrons. The number of para-hydroxylation sites is 1. The predicted molar refractivity (Wildman–Crippen MR) is 122 cm³/mol. The van der Waals surface area contributed by atoms with Crippen LogP contribution < -0.4 is 5.32 Å². The van der Waals surface area contributed by atoms with Crippen molar-refractivity contribution < 1.29 is 4.79 Å². The number of carbonyl (C=O) groups is 1. The topological polar surface area (TPSA) is 50.2 Å². The standard InChI is InChI=1S/C24H24N4OS/c1-27(2)21(22-14-9-15-30-22)16-25-24(29)20-17-28(19-12-7-4-8-13-19)26-23(20)18-10-5-3-6-11-18/h3-15,17,21H,16H2,1-2H3,(H,25,29). The van der Waals surface area contributed by atoms with Gasteiger partial charge in [0.2, 0.25) is 0 Å². The molecule has 0 bridgehead atoms. The highest BCUT2D eigenvalue weighted by Crippen LogP contribution is 2.25. The molecule has 4 rings (SSSR count). The number of rotatable bonds is 7. The van der Waals surface area contributed by atoms with Gasteiger partial charge in [0.15, 0.2) is 0 Å². The number of nitrogens with zero attached hydrogens (tertiary/aromatic N) is 3. The molecule has 1 amide bonds. The van der Waals surface area contributed by atoms with E-state index in [9.17, 15) is 4.79 Å². The Morgan fingerprint density at radius 3 is 2.37 bits per heavy atom. The van der Waals surface area contributed by atoms with Gasteiger partial charge in [0.25, 0.3) is 5.91 Å². The van der Waals surface area contributed by atoms with E-state index < -0.39 is 0 Å². The summed E-state index contributed by atoms with van der Waals surface area (Å²) in [4.78, 5) is 16.5. The van der Waals surface area contributed by atoms with E-state index in [1.807, 2.05) is 87.0 Å². The number of aromatic nitrogens is 2. The molecule has 1 atom stereocenters. The minimum absolute atomic E-state index is 0.123. The molecule has 0 aliphatic carbocycles. The van der Waals surface area contributed by atoms with Gasteiger partial charge in [0.1, 0.15) is 5.69 Å². The summed E-state index contributed by atoms with van der Waals surface area (Å²) in [5.41, 5.74) is 3.07. The molecule has 0 saturated carbocycles. The molecule has 5 nitrogen and oxygen atoms in total. The van der Waals surface area contributed by atoms with Crippen LogP contribution in [0.15, 0.2) is 84.4 Å². The van der Waals surface area contributed by atoms with Crippen molar-refractivity contribution in [2.75, 3.05) is 20.6 Å². The normalized spacial score (nSPS) is 12.1. The van der Waals surface area contributed by atoms with Gasteiger partial charge in [0.05, 0.1) is 17.3 Å². The molecular formula is C24H24N4OS. The van der Waals surface area contributed by atoms with E-state index in [0.29, 0.717) is 17.8 Å². The van der Waals surface area contributed by atoms with Crippen LogP contribution in [0.4, 0.5) is 0 Å². The summed E-state index contributed by atoms with van der Waals surface area (Å²) >= 11 is 1.70. The van der Waals surface area contributed by atoms with Gasteiger partial charge in [-0.25, -0.2) is 4.68 Å². The third-order valence-electron chi connectivity index (χ3n) is 4.98. The number of hydrogen-bond donors (Lipinski definition) is 1. The maximum absolute atomic E-state index is 13.2. The largest absolute Gasteiger partial charge is 0.350 e. The monoisotopic (exact) mass is 416 g/mol. The Hall–Kier alpha value is -3.22. The minimum atomic E-state index is -0.126. The average Bonchev–Trinajstić information content (AvgIpc) is 3.45. The van der Waals surface area contributed by atoms with E-state index in [1.165, 1.54) is 4.88 Å². The molecule has 4 aromatic rings. The van der Waals surface area contributed by atoms with Crippen molar-refractivity contribution >= 4 is 17.2 Å². The lowest BCUT2D eigenvalue weighted by molar-refractivity contribution is 0.0943. The van der Waals surface area contributed by atoms with Crippen LogP contribution in [0, 0.1) is 0 Å². The first-order chi connectivity index (χ1) is 14.6. The molecule has 0 spiro atoms. The second kappa shape index (κ2) is 9.07. The van der Waals surface area contributed by atoms with Gasteiger partial charge in [-0.05, 0) is 37.7 Å². The second-order valence-corrected chi connectivity index (χ2v) is 8.22. The molecule has 6 heteroatoms. The molecule has 152 valence electrons. The molecule has 1 N–H and O–H groups in total. The van der Waals surface area contributed by atoms with Crippen LogP contribution in [0.25, 0.3) is 16.9 Å². The van der Waals surface area contributed by atoms with E-state index in [4.69, 9.17) is 5.10 Å². The highest BCUT2D eigenvalue weighted by molar-refractivity contribution is 7.10. The van der Waals surface area contributed by atoms with Crippen LogP contribution in [0.2, 0.25) is 0 Å². The van der Waals surface area contributed by atoms with Gasteiger partial charge in [-0.1, -0.05) is 54.6 Å². The summed E-state index contributed by atoms with van der Waals surface area (Å²) in [6, 6.07) is 23.9. The van der Waals surface area contributed by atoms with Crippen LogP contribution in [0.3, 0.4) is 0 Å². The molecule has 2 heterocycles. The van der Waals surface area contributed by atoms with Crippen molar-refractivity contribution in [2.45, 2.75) is 6.04 Å². The zero-order chi connectivity index (χ0) is 20.9. The van der Waals surface area contributed by atoms with Crippen molar-refractivity contribution in [3.8, 4) is 16.9 Å². The fourth-order valence-corrected chi connectivity index (χ4v) is 4.29. The van der Waals surface area contributed by atoms with Crippen LogP contribution in [0.5, 0.6) is 0 Å². The lowest BCUT2D eigenvalue weighted by Gasteiger charge is -2.23. The molecule has 30 heavy (non-hydrogen) atoms. The van der Waals surface area contributed by atoms with Crippen molar-refractivity contribution in [1.29, 1.82) is 0 Å². The van der Waals surface area contributed by atoms with E-state index in [0.717, 1.165) is 11.3 Å². The van der Waals surface area contributed by atoms with Gasteiger partial charge < -0.3 is 10.2 Å². The molecule has 0 aliphatic rings. The third-order valence-corrected chi connectivity index (χ3v) is 5.95. The first-order valence-corrected chi connectivity index (χ1v) is 10.7. The molecule has 0 aliphatic heterocycles. The lowest BCUT2D eigenvalue weighted by atomic mass is 10.1. The second-order valence-electron chi connectivity index (χ2n) is 7.24. The molecule has 2 aromatic heterocycles. The van der Waals surface area contributed by atoms with Gasteiger partial charge in [-0.3, -0.25) is 4.79 Å². The molecule has 2 aromatic carbocycles. The van der Waals surface area contributed by atoms with E-state index in [-0.39, 0.29) is 11.9 Å². The van der Waals surface area contributed by atoms with Crippen LogP contribution in [-0.4, -0.2) is 41.2 Å². The summed E-state index contributed by atoms with van der Waals surface area (Å²) in [5.74, 6) is -0.126. The number of hydrogen-bond acceptors (Lipinski definition) is 4. The lowest BCUT2D eigenvalue weighted by Crippen LogP contribution is -2.34. The number of thiophene rings is 1. The fourth-order valence-electron chi connectivity index (χ4n) is 3.37. The van der Waals surface area contributed by atoms with Crippen molar-refractivity contribution in [1.82, 2.24) is 20.0 Å². The van der Waals surface area contributed by atoms with Gasteiger partial charge >= 0.3 is 0 Å². The van der Waals surface area contributed by atoms with Crippen molar-refractivity contribution in [3.05, 3.63) is 94.8 Å². The van der Waals surface area contributed by atoms with Gasteiger partial charge in [-0.2, -0.15) is 5.10 Å². The summed E-state index contributed by atoms with van der Waals surface area (Å²) in [7, 11) is 4.05. The summed E-state index contributed by atoms with van der Waals surface area (Å²) in [5, 5.41) is 9.91. The molecular weight excluding hydrogens is 392 g/mol. The summed E-state index contributed by atoms with van der Waals surface area (Å²) in [6.45, 7) is 0.525. The maximum Gasteiger partial charge on any atom is 0.255 e. The molecule has 0 saturated heterocycles. The maximum atomic E-state index is 13.2. The number of carbonyl (C=O) groups excluding carboxylic acids is 1. The van der Waals surface area contributed by atoms with E-state index in [1.54, 1.807) is 16.0 Å². The van der Waals surface area contributed by atoms with Gasteiger partial charge in [0, 0.05) is 23.2 Å². The SMILES string of the molecule is CN(C)C(CNC(=O)c1cn(-c2ccccc2)nc1-c1ccccc1)c1cccs1. The smallest absolute Gasteiger partial charge is 0.255 e. The number of likely N-dealkylation sites (N-methyl/N-ethyl adjacent to an activating group) is 1. The van der Waals surface area contributed by atoms with Crippen molar-refractivity contribution in [2.24, 2.45) is 0 Å². The summed E-state index contributed by atoms with van der Waals surface area (Å²) in [6.07, 6.45) is 1.81. The first-order valence-electron chi connectivity index (χ1n) is 9.82. The van der Waals surface area contributed by atoms with Crippen LogP contribution in [-0.2, 0) is 0 Å². The minimum Gasteiger partial charge on any atom is -0.350 e. The quantitative estimate of drug-likeness (QED) is 0.478. The fraction of sp³-hybridized carbons (Fsp3) is 0.167. The van der Waals surface area contributed by atoms with Crippen LogP contribution in [0.1, 0.15) is 21.3 Å². The highest BCUT2D eigenvalue weighted by atomic mass is 32.1. The Morgan fingerprint density at radius 1 is 1.03 bits per heavy atom. The Balaban J connectivity index is 1.63. The first kappa shape index (κ1) is 20.1. The Kier molecular flexibility index (Phi) is 6.07. The zero-order valence-corrected chi connectivity index (χ0v) is 17.8. The molecule has 1 unspecified atom stereocenters. The Labute approximate surface area is 180 Å². The zero-order valence-electron chi connectivity index (χ0n) is 17.0. The summed E-state index contributed by atoms with van der Waals surface area (Å²) < 4.78 is 1.76. The number of nitrogens with one attached hydrogen (secondary N) is 1. The Morgan fingerprint density at radius 2 is 1.73 bits per heavy atom. The highest BCUT2D eigenvalue weighted by Gasteiger charge is 2.21. The van der Waals surface area contributed by atoms with E-state index in [2.05, 4.69) is 21.7 Å². The van der Waals surface area contributed by atoms with Crippen molar-refractivity contribution in [3.63, 3.8) is 0 Å².